The van der Waals surface area contributed by atoms with Crippen LogP contribution in [0.4, 0.5) is 15.3 Å². The zero-order valence-corrected chi connectivity index (χ0v) is 34.9. The fourth-order valence-corrected chi connectivity index (χ4v) is 10.5. The van der Waals surface area contributed by atoms with E-state index in [-0.39, 0.29) is 21.2 Å². The predicted octanol–water partition coefficient (Wildman–Crippen LogP) is 4.54. The first-order valence-electron chi connectivity index (χ1n) is 20.2. The molecular formula is C42H54ClN7O7S. The number of rotatable bonds is 6. The topological polar surface area (TPSA) is 137 Å². The highest BCUT2D eigenvalue weighted by molar-refractivity contribution is 7.93. The molecule has 0 radical (unpaired) electrons. The van der Waals surface area contributed by atoms with Crippen molar-refractivity contribution in [3.63, 3.8) is 0 Å². The van der Waals surface area contributed by atoms with Gasteiger partial charge in [0.2, 0.25) is 5.60 Å². The molecule has 1 atom stereocenters. The minimum Gasteiger partial charge on any atom is -0.465 e. The van der Waals surface area contributed by atoms with Crippen LogP contribution in [0.25, 0.3) is 0 Å². The molecule has 4 saturated heterocycles. The first-order chi connectivity index (χ1) is 27.9. The maximum atomic E-state index is 14.5. The fourth-order valence-electron chi connectivity index (χ4n) is 8.82. The lowest BCUT2D eigenvalue weighted by Crippen LogP contribution is -2.54. The van der Waals surface area contributed by atoms with Gasteiger partial charge in [-0.2, -0.15) is 4.31 Å². The van der Waals surface area contributed by atoms with Crippen molar-refractivity contribution < 1.29 is 32.6 Å². The summed E-state index contributed by atoms with van der Waals surface area (Å²) in [6, 6.07) is 21.8. The standard InChI is InChI=1S/C31H33ClN4O5S.C11H21N3O2/c1-33-18-20-34(21-19-33)25-14-16-35(17-15-25)30(38)41-31(23-8-4-2-5-9-23)27-22-24(32)12-13-28(27)36(29(31)37)42(39,40)26-10-6-3-7-11-26;1-12-4-2-10(3-5-12)13-6-8-14(9-7-13)11(15)16/h2-13,22,25H,14-21H2,1H3;10H,2-9H2,1H3,(H,15,16). The van der Waals surface area contributed by atoms with Crippen molar-refractivity contribution in [1.29, 1.82) is 0 Å². The number of benzene rings is 3. The van der Waals surface area contributed by atoms with Crippen LogP contribution in [0, 0.1) is 0 Å². The molecule has 0 aromatic heterocycles. The monoisotopic (exact) mass is 835 g/mol. The predicted molar refractivity (Wildman–Crippen MR) is 222 cm³/mol. The molecule has 16 heteroatoms. The van der Waals surface area contributed by atoms with E-state index >= 15 is 0 Å². The number of amides is 3. The Hall–Kier alpha value is -4.25. The highest BCUT2D eigenvalue weighted by Gasteiger charge is 2.59. The van der Waals surface area contributed by atoms with Crippen LogP contribution >= 0.6 is 11.6 Å². The molecule has 3 aromatic carbocycles. The summed E-state index contributed by atoms with van der Waals surface area (Å²) in [6.07, 6.45) is 2.59. The summed E-state index contributed by atoms with van der Waals surface area (Å²) in [6.45, 7) is 10.5. The molecule has 4 fully saturated rings. The smallest absolute Gasteiger partial charge is 0.411 e. The second kappa shape index (κ2) is 17.9. The maximum Gasteiger partial charge on any atom is 0.411 e. The second-order valence-electron chi connectivity index (χ2n) is 15.9. The fraction of sp³-hybridized carbons (Fsp3) is 0.500. The lowest BCUT2D eigenvalue weighted by atomic mass is 9.87. The third kappa shape index (κ3) is 8.70. The highest BCUT2D eigenvalue weighted by Crippen LogP contribution is 2.50. The number of likely N-dealkylation sites (tertiary alicyclic amines) is 2. The Morgan fingerprint density at radius 3 is 1.78 bits per heavy atom. The average molecular weight is 836 g/mol. The van der Waals surface area contributed by atoms with Crippen molar-refractivity contribution in [3.05, 3.63) is 95.0 Å². The molecular weight excluding hydrogens is 782 g/mol. The van der Waals surface area contributed by atoms with Gasteiger partial charge in [-0.3, -0.25) is 14.6 Å². The Kier molecular flexibility index (Phi) is 13.0. The first-order valence-corrected chi connectivity index (χ1v) is 22.0. The number of ether oxygens (including phenoxy) is 1. The first kappa shape index (κ1) is 41.9. The number of anilines is 1. The molecule has 58 heavy (non-hydrogen) atoms. The van der Waals surface area contributed by atoms with Crippen LogP contribution in [-0.2, 0) is 25.2 Å². The zero-order chi connectivity index (χ0) is 41.0. The molecule has 1 N–H and O–H groups in total. The third-order valence-corrected chi connectivity index (χ3v) is 14.3. The molecule has 3 amide bonds. The van der Waals surface area contributed by atoms with Crippen LogP contribution in [0.15, 0.2) is 83.8 Å². The van der Waals surface area contributed by atoms with Gasteiger partial charge in [-0.15, -0.1) is 0 Å². The number of halogens is 1. The number of sulfonamides is 1. The van der Waals surface area contributed by atoms with Gasteiger partial charge < -0.3 is 29.4 Å². The van der Waals surface area contributed by atoms with E-state index in [2.05, 4.69) is 33.7 Å². The Balaban J connectivity index is 0.000000267. The summed E-state index contributed by atoms with van der Waals surface area (Å²) in [4.78, 5) is 51.9. The Bertz CT molecular complexity index is 2020. The van der Waals surface area contributed by atoms with Gasteiger partial charge in [0.1, 0.15) is 0 Å². The molecule has 5 heterocycles. The average Bonchev–Trinajstić information content (AvgIpc) is 3.49. The lowest BCUT2D eigenvalue weighted by molar-refractivity contribution is -0.132. The minimum absolute atomic E-state index is 0.0552. The molecule has 0 aliphatic carbocycles. The number of hydrogen-bond acceptors (Lipinski definition) is 10. The summed E-state index contributed by atoms with van der Waals surface area (Å²) < 4.78 is 34.8. The zero-order valence-electron chi connectivity index (χ0n) is 33.3. The number of piperidine rings is 2. The summed E-state index contributed by atoms with van der Waals surface area (Å²) >= 11 is 6.41. The quantitative estimate of drug-likeness (QED) is 0.375. The molecule has 0 spiro atoms. The Labute approximate surface area is 346 Å². The van der Waals surface area contributed by atoms with Gasteiger partial charge in [-0.05, 0) is 83.2 Å². The normalized spacial score (nSPS) is 23.3. The van der Waals surface area contributed by atoms with E-state index in [1.54, 1.807) is 53.4 Å². The molecule has 5 aliphatic rings. The van der Waals surface area contributed by atoms with E-state index in [1.165, 1.54) is 61.2 Å². The number of carbonyl (C=O) groups is 3. The maximum absolute atomic E-state index is 14.5. The van der Waals surface area contributed by atoms with Crippen molar-refractivity contribution in [1.82, 2.24) is 29.4 Å². The molecule has 3 aromatic rings. The molecule has 0 bridgehead atoms. The van der Waals surface area contributed by atoms with Crippen molar-refractivity contribution in [2.45, 2.75) is 48.3 Å². The second-order valence-corrected chi connectivity index (χ2v) is 18.1. The summed E-state index contributed by atoms with van der Waals surface area (Å²) in [5, 5.41) is 9.15. The number of hydrogen-bond donors (Lipinski definition) is 1. The molecule has 8 rings (SSSR count). The number of nitrogens with zero attached hydrogens (tertiary/aromatic N) is 7. The van der Waals surface area contributed by atoms with E-state index in [9.17, 15) is 22.8 Å². The van der Waals surface area contributed by atoms with Crippen molar-refractivity contribution in [3.8, 4) is 0 Å². The van der Waals surface area contributed by atoms with Crippen LogP contribution in [0.2, 0.25) is 5.02 Å². The Morgan fingerprint density at radius 1 is 0.690 bits per heavy atom. The van der Waals surface area contributed by atoms with E-state index in [1.807, 2.05) is 0 Å². The van der Waals surface area contributed by atoms with Gasteiger partial charge in [-0.1, -0.05) is 60.1 Å². The number of fused-ring (bicyclic) bond motifs is 1. The van der Waals surface area contributed by atoms with Crippen LogP contribution in [-0.4, -0.2) is 166 Å². The van der Waals surface area contributed by atoms with Gasteiger partial charge in [0.25, 0.3) is 15.9 Å². The molecule has 1 unspecified atom stereocenters. The number of carboxylic acid groups (broad SMARTS) is 1. The van der Waals surface area contributed by atoms with Gasteiger partial charge in [0.15, 0.2) is 0 Å². The van der Waals surface area contributed by atoms with Gasteiger partial charge in [0.05, 0.1) is 10.6 Å². The number of likely N-dealkylation sites (N-methyl/N-ethyl adjacent to an activating group) is 1. The molecule has 0 saturated carbocycles. The third-order valence-electron chi connectivity index (χ3n) is 12.3. The molecule has 5 aliphatic heterocycles. The van der Waals surface area contributed by atoms with E-state index in [4.69, 9.17) is 21.4 Å². The van der Waals surface area contributed by atoms with Crippen LogP contribution < -0.4 is 4.31 Å². The summed E-state index contributed by atoms with van der Waals surface area (Å²) in [5.74, 6) is -0.893. The van der Waals surface area contributed by atoms with Crippen molar-refractivity contribution >= 4 is 45.4 Å². The Morgan fingerprint density at radius 2 is 1.21 bits per heavy atom. The lowest BCUT2D eigenvalue weighted by Gasteiger charge is -2.42. The van der Waals surface area contributed by atoms with E-state index in [0.29, 0.717) is 43.8 Å². The molecule has 14 nitrogen and oxygen atoms in total. The van der Waals surface area contributed by atoms with Crippen LogP contribution in [0.1, 0.15) is 36.8 Å². The summed E-state index contributed by atoms with van der Waals surface area (Å²) in [5.41, 5.74) is -1.41. The van der Waals surface area contributed by atoms with Gasteiger partial charge >= 0.3 is 12.2 Å². The highest BCUT2D eigenvalue weighted by atomic mass is 35.5. The minimum atomic E-state index is -4.35. The van der Waals surface area contributed by atoms with E-state index in [0.717, 1.165) is 56.4 Å². The van der Waals surface area contributed by atoms with E-state index < -0.39 is 33.7 Å². The van der Waals surface area contributed by atoms with Crippen molar-refractivity contribution in [2.24, 2.45) is 0 Å². The van der Waals surface area contributed by atoms with Gasteiger partial charge in [-0.25, -0.2) is 18.0 Å². The number of carbonyl (C=O) groups excluding carboxylic acids is 2. The largest absolute Gasteiger partial charge is 0.465 e. The summed E-state index contributed by atoms with van der Waals surface area (Å²) in [7, 11) is -0.0600. The van der Waals surface area contributed by atoms with Crippen LogP contribution in [0.5, 0.6) is 0 Å². The SMILES string of the molecule is CN1CCC(N2CCN(C(=O)O)CC2)CC1.CN1CCN(C2CCN(C(=O)OC3(c4ccccc4)C(=O)N(S(=O)(=O)c4ccccc4)c4ccc(Cl)cc43)CC2)CC1. The van der Waals surface area contributed by atoms with Crippen LogP contribution in [0.3, 0.4) is 0 Å². The number of piperazine rings is 2. The van der Waals surface area contributed by atoms with Crippen molar-refractivity contribution in [2.75, 3.05) is 96.9 Å². The molecule has 312 valence electrons. The van der Waals surface area contributed by atoms with Gasteiger partial charge in [0, 0.05) is 93.7 Å².